The van der Waals surface area contributed by atoms with Gasteiger partial charge >= 0.3 is 0 Å². The van der Waals surface area contributed by atoms with E-state index in [0.717, 1.165) is 32.8 Å². The molecule has 0 radical (unpaired) electrons. The molecular weight excluding hydrogens is 286 g/mol. The molecule has 3 nitrogen and oxygen atoms in total. The molecule has 0 spiro atoms. The second-order valence-corrected chi connectivity index (χ2v) is 5.77. The van der Waals surface area contributed by atoms with Crippen LogP contribution < -0.4 is 5.32 Å². The molecule has 0 unspecified atom stereocenters. The molecule has 1 aliphatic heterocycles. The fraction of sp³-hybridized carbons (Fsp3) is 0.273. The molecule has 1 aromatic heterocycles. The Hall–Kier alpha value is -0.810. The molecule has 2 aromatic rings. The highest BCUT2D eigenvalue weighted by Gasteiger charge is 2.18. The summed E-state index contributed by atoms with van der Waals surface area (Å²) in [6, 6.07) is 6.57. The van der Waals surface area contributed by atoms with Crippen molar-refractivity contribution in [3.8, 4) is 0 Å². The summed E-state index contributed by atoms with van der Waals surface area (Å²) in [6.45, 7) is 0. The first-order chi connectivity index (χ1) is 7.81. The van der Waals surface area contributed by atoms with E-state index in [0.29, 0.717) is 6.04 Å². The van der Waals surface area contributed by atoms with Crippen molar-refractivity contribution in [1.29, 1.82) is 0 Å². The highest BCUT2D eigenvalue weighted by atomic mass is 79.9. The number of halogens is 1. The van der Waals surface area contributed by atoms with Gasteiger partial charge < -0.3 is 5.32 Å². The van der Waals surface area contributed by atoms with Gasteiger partial charge in [-0.3, -0.25) is 0 Å². The molecule has 1 aliphatic rings. The molecule has 1 N–H and O–H groups in total. The number of anilines is 1. The van der Waals surface area contributed by atoms with Gasteiger partial charge in [0, 0.05) is 33.6 Å². The summed E-state index contributed by atoms with van der Waals surface area (Å²) in [4.78, 5) is 8.80. The van der Waals surface area contributed by atoms with E-state index < -0.39 is 0 Å². The molecule has 1 aromatic carbocycles. The summed E-state index contributed by atoms with van der Waals surface area (Å²) >= 11 is 5.38. The third-order valence-corrected chi connectivity index (χ3v) is 4.28. The third-order valence-electron chi connectivity index (χ3n) is 2.51. The lowest BCUT2D eigenvalue weighted by molar-refractivity contribution is 0.863. The Kier molecular flexibility index (Phi) is 2.73. The van der Waals surface area contributed by atoms with E-state index >= 15 is 0 Å². The summed E-state index contributed by atoms with van der Waals surface area (Å²) in [5.41, 5.74) is 0.979. The molecule has 0 atom stereocenters. The lowest BCUT2D eigenvalue weighted by Gasteiger charge is -2.25. The van der Waals surface area contributed by atoms with E-state index in [1.807, 2.05) is 36.2 Å². The average molecular weight is 296 g/mol. The summed E-state index contributed by atoms with van der Waals surface area (Å²) in [7, 11) is 0. The van der Waals surface area contributed by atoms with Crippen molar-refractivity contribution in [2.45, 2.75) is 6.04 Å². The quantitative estimate of drug-likeness (QED) is 0.924. The summed E-state index contributed by atoms with van der Waals surface area (Å²) < 4.78 is 1.06. The molecule has 1 saturated heterocycles. The van der Waals surface area contributed by atoms with Crippen molar-refractivity contribution in [2.24, 2.45) is 0 Å². The van der Waals surface area contributed by atoms with Gasteiger partial charge in [0.25, 0.3) is 0 Å². The Morgan fingerprint density at radius 2 is 2.25 bits per heavy atom. The van der Waals surface area contributed by atoms with Crippen molar-refractivity contribution in [3.05, 3.63) is 28.9 Å². The van der Waals surface area contributed by atoms with E-state index in [4.69, 9.17) is 0 Å². The number of benzene rings is 1. The van der Waals surface area contributed by atoms with Gasteiger partial charge in [0.15, 0.2) is 0 Å². The molecule has 5 heteroatoms. The van der Waals surface area contributed by atoms with Gasteiger partial charge in [0.2, 0.25) is 5.95 Å². The molecule has 3 rings (SSSR count). The second kappa shape index (κ2) is 4.22. The summed E-state index contributed by atoms with van der Waals surface area (Å²) in [5, 5.41) is 4.39. The monoisotopic (exact) mass is 295 g/mol. The van der Waals surface area contributed by atoms with Crippen LogP contribution in [-0.2, 0) is 0 Å². The molecule has 0 bridgehead atoms. The van der Waals surface area contributed by atoms with Gasteiger partial charge in [0.05, 0.1) is 5.52 Å². The molecular formula is C11H10BrN3S. The molecule has 82 valence electrons. The Balaban J connectivity index is 1.92. The van der Waals surface area contributed by atoms with Crippen LogP contribution in [0.3, 0.4) is 0 Å². The van der Waals surface area contributed by atoms with Gasteiger partial charge in [0.1, 0.15) is 0 Å². The van der Waals surface area contributed by atoms with E-state index in [9.17, 15) is 0 Å². The van der Waals surface area contributed by atoms with Gasteiger partial charge in [-0.15, -0.1) is 0 Å². The molecule has 0 aliphatic carbocycles. The van der Waals surface area contributed by atoms with E-state index in [1.165, 1.54) is 0 Å². The number of fused-ring (bicyclic) bond motifs is 1. The number of hydrogen-bond donors (Lipinski definition) is 1. The Morgan fingerprint density at radius 1 is 1.38 bits per heavy atom. The fourth-order valence-electron chi connectivity index (χ4n) is 1.58. The predicted octanol–water partition coefficient (Wildman–Crippen LogP) is 2.92. The first-order valence-corrected chi connectivity index (χ1v) is 7.02. The van der Waals surface area contributed by atoms with E-state index in [2.05, 4.69) is 31.2 Å². The number of thioether (sulfide) groups is 1. The van der Waals surface area contributed by atoms with Gasteiger partial charge in [-0.25, -0.2) is 9.97 Å². The molecule has 0 amide bonds. The SMILES string of the molecule is Brc1ccc2nc(NC3CSC3)ncc2c1. The Bertz CT molecular complexity index is 528. The summed E-state index contributed by atoms with van der Waals surface area (Å²) in [6.07, 6.45) is 1.86. The lowest BCUT2D eigenvalue weighted by atomic mass is 10.2. The van der Waals surface area contributed by atoms with Crippen molar-refractivity contribution in [2.75, 3.05) is 16.8 Å². The second-order valence-electron chi connectivity index (χ2n) is 3.78. The van der Waals surface area contributed by atoms with Crippen molar-refractivity contribution in [3.63, 3.8) is 0 Å². The zero-order valence-corrected chi connectivity index (χ0v) is 10.9. The first kappa shape index (κ1) is 10.4. The van der Waals surface area contributed by atoms with Crippen LogP contribution >= 0.6 is 27.7 Å². The smallest absolute Gasteiger partial charge is 0.223 e. The van der Waals surface area contributed by atoms with Crippen LogP contribution in [0.1, 0.15) is 0 Å². The maximum atomic E-state index is 4.49. The topological polar surface area (TPSA) is 37.8 Å². The number of nitrogens with one attached hydrogen (secondary N) is 1. The van der Waals surface area contributed by atoms with Crippen molar-refractivity contribution in [1.82, 2.24) is 9.97 Å². The highest BCUT2D eigenvalue weighted by Crippen LogP contribution is 2.22. The third kappa shape index (κ3) is 2.01. The highest BCUT2D eigenvalue weighted by molar-refractivity contribution is 9.10. The number of rotatable bonds is 2. The molecule has 0 saturated carbocycles. The standard InChI is InChI=1S/C11H10BrN3S/c12-8-1-2-10-7(3-8)4-13-11(15-10)14-9-5-16-6-9/h1-4,9H,5-6H2,(H,13,14,15). The largest absolute Gasteiger partial charge is 0.350 e. The Morgan fingerprint density at radius 3 is 3.00 bits per heavy atom. The van der Waals surface area contributed by atoms with Crippen molar-refractivity contribution < 1.29 is 0 Å². The average Bonchev–Trinajstić information content (AvgIpc) is 2.23. The number of hydrogen-bond acceptors (Lipinski definition) is 4. The zero-order chi connectivity index (χ0) is 11.0. The minimum Gasteiger partial charge on any atom is -0.350 e. The maximum absolute atomic E-state index is 4.49. The minimum atomic E-state index is 0.540. The fourth-order valence-corrected chi connectivity index (χ4v) is 2.59. The maximum Gasteiger partial charge on any atom is 0.223 e. The predicted molar refractivity (Wildman–Crippen MR) is 72.0 cm³/mol. The van der Waals surface area contributed by atoms with Crippen molar-refractivity contribution >= 4 is 44.5 Å². The Labute approximate surface area is 106 Å². The zero-order valence-electron chi connectivity index (χ0n) is 8.48. The molecule has 1 fully saturated rings. The van der Waals surface area contributed by atoms with Crippen LogP contribution in [0.15, 0.2) is 28.9 Å². The number of aromatic nitrogens is 2. The van der Waals surface area contributed by atoms with Crippen LogP contribution in [0.4, 0.5) is 5.95 Å². The van der Waals surface area contributed by atoms with Gasteiger partial charge in [-0.1, -0.05) is 15.9 Å². The molecule has 16 heavy (non-hydrogen) atoms. The van der Waals surface area contributed by atoms with Crippen LogP contribution in [0, 0.1) is 0 Å². The van der Waals surface area contributed by atoms with Gasteiger partial charge in [-0.05, 0) is 18.2 Å². The van der Waals surface area contributed by atoms with Crippen LogP contribution in [0.25, 0.3) is 10.9 Å². The first-order valence-electron chi connectivity index (χ1n) is 5.08. The van der Waals surface area contributed by atoms with Crippen LogP contribution in [0.2, 0.25) is 0 Å². The van der Waals surface area contributed by atoms with E-state index in [-0.39, 0.29) is 0 Å². The molecule has 2 heterocycles. The normalized spacial score (nSPS) is 16.1. The van der Waals surface area contributed by atoms with Crippen LogP contribution in [-0.4, -0.2) is 27.5 Å². The summed E-state index contributed by atoms with van der Waals surface area (Å²) in [5.74, 6) is 3.05. The van der Waals surface area contributed by atoms with E-state index in [1.54, 1.807) is 0 Å². The van der Waals surface area contributed by atoms with Gasteiger partial charge in [-0.2, -0.15) is 11.8 Å². The minimum absolute atomic E-state index is 0.540. The lowest BCUT2D eigenvalue weighted by Crippen LogP contribution is -2.33. The number of nitrogens with zero attached hydrogens (tertiary/aromatic N) is 2. The van der Waals surface area contributed by atoms with Crippen LogP contribution in [0.5, 0.6) is 0 Å².